The maximum Gasteiger partial charge on any atom is 0.162 e. The highest BCUT2D eigenvalue weighted by Gasteiger charge is 2.26. The van der Waals surface area contributed by atoms with Gasteiger partial charge in [-0.25, -0.2) is 0 Å². The Bertz CT molecular complexity index is 74.4. The Balaban J connectivity index is 2.32. The number of hydrogen-bond donors (Lipinski definition) is 1. The third kappa shape index (κ3) is 1.41. The van der Waals surface area contributed by atoms with E-state index in [1.54, 1.807) is 7.11 Å². The van der Waals surface area contributed by atoms with Crippen molar-refractivity contribution in [3.63, 3.8) is 0 Å². The molecule has 1 fully saturated rings. The van der Waals surface area contributed by atoms with Crippen LogP contribution in [0.25, 0.3) is 0 Å². The van der Waals surface area contributed by atoms with Crippen LogP contribution in [0, 0.1) is 5.92 Å². The highest BCUT2D eigenvalue weighted by Crippen LogP contribution is 2.19. The molecular formula is C6H12O3. The number of ether oxygens (including phenoxy) is 2. The first-order chi connectivity index (χ1) is 4.38. The van der Waals surface area contributed by atoms with Crippen molar-refractivity contribution in [3.8, 4) is 0 Å². The summed E-state index contributed by atoms with van der Waals surface area (Å²) in [5, 5.41) is 8.71. The van der Waals surface area contributed by atoms with E-state index < -0.39 is 0 Å². The molecule has 0 aromatic heterocycles. The largest absolute Gasteiger partial charge is 0.396 e. The molecule has 1 rings (SSSR count). The zero-order valence-corrected chi connectivity index (χ0v) is 5.54. The number of methoxy groups -OCH3 is 1. The highest BCUT2D eigenvalue weighted by atomic mass is 16.7. The Hall–Kier alpha value is -0.120. The van der Waals surface area contributed by atoms with Gasteiger partial charge in [-0.3, -0.25) is 0 Å². The van der Waals surface area contributed by atoms with Crippen LogP contribution in [-0.4, -0.2) is 31.7 Å². The molecule has 0 aromatic rings. The topological polar surface area (TPSA) is 38.7 Å². The van der Waals surface area contributed by atoms with Crippen LogP contribution in [0.1, 0.15) is 6.42 Å². The van der Waals surface area contributed by atoms with Crippen LogP contribution < -0.4 is 0 Å². The average Bonchev–Trinajstić information content (AvgIpc) is 2.33. The molecule has 9 heavy (non-hydrogen) atoms. The summed E-state index contributed by atoms with van der Waals surface area (Å²) >= 11 is 0. The van der Waals surface area contributed by atoms with E-state index in [0.29, 0.717) is 6.61 Å². The first-order valence-corrected chi connectivity index (χ1v) is 3.13. The van der Waals surface area contributed by atoms with Crippen LogP contribution in [0.4, 0.5) is 0 Å². The van der Waals surface area contributed by atoms with Gasteiger partial charge in [0, 0.05) is 13.0 Å². The van der Waals surface area contributed by atoms with Crippen LogP contribution in [0.2, 0.25) is 0 Å². The number of hydrogen-bond acceptors (Lipinski definition) is 3. The van der Waals surface area contributed by atoms with Crippen LogP contribution in [-0.2, 0) is 9.47 Å². The average molecular weight is 132 g/mol. The number of aliphatic hydroxyl groups excluding tert-OH is 1. The van der Waals surface area contributed by atoms with Gasteiger partial charge in [0.05, 0.1) is 13.2 Å². The van der Waals surface area contributed by atoms with E-state index in [1.807, 2.05) is 0 Å². The molecule has 0 saturated carbocycles. The summed E-state index contributed by atoms with van der Waals surface area (Å²) in [7, 11) is 1.60. The fourth-order valence-corrected chi connectivity index (χ4v) is 1.05. The lowest BCUT2D eigenvalue weighted by atomic mass is 10.1. The quantitative estimate of drug-likeness (QED) is 0.574. The van der Waals surface area contributed by atoms with Gasteiger partial charge in [0.25, 0.3) is 0 Å². The van der Waals surface area contributed by atoms with Gasteiger partial charge in [0.1, 0.15) is 0 Å². The van der Waals surface area contributed by atoms with Gasteiger partial charge < -0.3 is 14.6 Å². The van der Waals surface area contributed by atoms with Crippen molar-refractivity contribution < 1.29 is 14.6 Å². The molecule has 0 spiro atoms. The Morgan fingerprint density at radius 2 is 2.56 bits per heavy atom. The SMILES string of the molecule is COC1OCCC1CO. The maximum atomic E-state index is 8.71. The van der Waals surface area contributed by atoms with Gasteiger partial charge in [-0.1, -0.05) is 0 Å². The minimum Gasteiger partial charge on any atom is -0.396 e. The molecule has 3 heteroatoms. The normalized spacial score (nSPS) is 35.3. The predicted molar refractivity (Wildman–Crippen MR) is 31.9 cm³/mol. The van der Waals surface area contributed by atoms with E-state index in [0.717, 1.165) is 6.42 Å². The fourth-order valence-electron chi connectivity index (χ4n) is 1.05. The van der Waals surface area contributed by atoms with Crippen molar-refractivity contribution in [3.05, 3.63) is 0 Å². The summed E-state index contributed by atoms with van der Waals surface area (Å²) in [6.07, 6.45) is 0.740. The molecule has 0 aromatic carbocycles. The van der Waals surface area contributed by atoms with Crippen LogP contribution in [0.3, 0.4) is 0 Å². The van der Waals surface area contributed by atoms with E-state index in [1.165, 1.54) is 0 Å². The third-order valence-corrected chi connectivity index (χ3v) is 1.62. The minimum absolute atomic E-state index is 0.165. The zero-order valence-electron chi connectivity index (χ0n) is 5.54. The molecule has 0 aliphatic carbocycles. The second-order valence-electron chi connectivity index (χ2n) is 2.21. The van der Waals surface area contributed by atoms with E-state index in [2.05, 4.69) is 0 Å². The van der Waals surface area contributed by atoms with E-state index in [-0.39, 0.29) is 18.8 Å². The summed E-state index contributed by atoms with van der Waals surface area (Å²) in [6.45, 7) is 0.877. The molecule has 0 radical (unpaired) electrons. The summed E-state index contributed by atoms with van der Waals surface area (Å²) in [5.74, 6) is 0.190. The molecule has 1 heterocycles. The molecular weight excluding hydrogens is 120 g/mol. The van der Waals surface area contributed by atoms with Gasteiger partial charge in [-0.05, 0) is 6.42 Å². The van der Waals surface area contributed by atoms with Crippen molar-refractivity contribution in [2.24, 2.45) is 5.92 Å². The molecule has 1 aliphatic heterocycles. The zero-order chi connectivity index (χ0) is 6.69. The smallest absolute Gasteiger partial charge is 0.162 e. The van der Waals surface area contributed by atoms with Crippen LogP contribution in [0.15, 0.2) is 0 Å². The van der Waals surface area contributed by atoms with Crippen LogP contribution in [0.5, 0.6) is 0 Å². The fraction of sp³-hybridized carbons (Fsp3) is 1.00. The lowest BCUT2D eigenvalue weighted by Gasteiger charge is -2.12. The molecule has 2 atom stereocenters. The Morgan fingerprint density at radius 3 is 3.00 bits per heavy atom. The summed E-state index contributed by atoms with van der Waals surface area (Å²) in [6, 6.07) is 0. The van der Waals surface area contributed by atoms with Crippen molar-refractivity contribution in [2.75, 3.05) is 20.3 Å². The number of aliphatic hydroxyl groups is 1. The predicted octanol–water partition coefficient (Wildman–Crippen LogP) is -0.0123. The van der Waals surface area contributed by atoms with Gasteiger partial charge >= 0.3 is 0 Å². The lowest BCUT2D eigenvalue weighted by Crippen LogP contribution is -2.20. The molecule has 0 bridgehead atoms. The minimum atomic E-state index is -0.171. The molecule has 1 aliphatic rings. The summed E-state index contributed by atoms with van der Waals surface area (Å²) in [5.41, 5.74) is 0. The number of rotatable bonds is 2. The van der Waals surface area contributed by atoms with Crippen molar-refractivity contribution >= 4 is 0 Å². The maximum absolute atomic E-state index is 8.71. The molecule has 1 N–H and O–H groups in total. The van der Waals surface area contributed by atoms with Gasteiger partial charge in [-0.15, -0.1) is 0 Å². The molecule has 3 nitrogen and oxygen atoms in total. The summed E-state index contributed by atoms with van der Waals surface area (Å²) in [4.78, 5) is 0. The van der Waals surface area contributed by atoms with Gasteiger partial charge in [0.15, 0.2) is 6.29 Å². The van der Waals surface area contributed by atoms with Crippen molar-refractivity contribution in [2.45, 2.75) is 12.7 Å². The molecule has 0 amide bonds. The first-order valence-electron chi connectivity index (χ1n) is 3.13. The lowest BCUT2D eigenvalue weighted by molar-refractivity contribution is -0.116. The van der Waals surface area contributed by atoms with Crippen molar-refractivity contribution in [1.29, 1.82) is 0 Å². The molecule has 1 saturated heterocycles. The Kier molecular flexibility index (Phi) is 2.45. The Labute approximate surface area is 54.6 Å². The second-order valence-corrected chi connectivity index (χ2v) is 2.21. The molecule has 54 valence electrons. The van der Waals surface area contributed by atoms with E-state index in [4.69, 9.17) is 14.6 Å². The van der Waals surface area contributed by atoms with Gasteiger partial charge in [-0.2, -0.15) is 0 Å². The molecule has 2 unspecified atom stereocenters. The monoisotopic (exact) mass is 132 g/mol. The van der Waals surface area contributed by atoms with Gasteiger partial charge in [0.2, 0.25) is 0 Å². The summed E-state index contributed by atoms with van der Waals surface area (Å²) < 4.78 is 10.1. The van der Waals surface area contributed by atoms with Crippen LogP contribution >= 0.6 is 0 Å². The van der Waals surface area contributed by atoms with E-state index >= 15 is 0 Å². The van der Waals surface area contributed by atoms with E-state index in [9.17, 15) is 0 Å². The van der Waals surface area contributed by atoms with Crippen molar-refractivity contribution in [1.82, 2.24) is 0 Å². The first kappa shape index (κ1) is 6.99. The Morgan fingerprint density at radius 1 is 1.78 bits per heavy atom. The third-order valence-electron chi connectivity index (χ3n) is 1.62. The second kappa shape index (κ2) is 3.15. The highest BCUT2D eigenvalue weighted by molar-refractivity contribution is 4.67. The standard InChI is InChI=1S/C6H12O3/c1-8-6-5(4-7)2-3-9-6/h5-7H,2-4H2,1H3.